The fraction of sp³-hybridized carbons (Fsp3) is 0.700. The molecular formula is C20H31N3O2S. The largest absolute Gasteiger partial charge is 0.303 e. The number of rotatable bonds is 7. The number of hydrogen-bond donors (Lipinski definition) is 1. The second-order valence-electron chi connectivity index (χ2n) is 8.32. The van der Waals surface area contributed by atoms with E-state index in [2.05, 4.69) is 21.6 Å². The Bertz CT molecular complexity index is 745. The van der Waals surface area contributed by atoms with Crippen molar-refractivity contribution in [2.75, 3.05) is 33.2 Å². The molecule has 1 atom stereocenters. The summed E-state index contributed by atoms with van der Waals surface area (Å²) in [5.41, 5.74) is 2.50. The van der Waals surface area contributed by atoms with Crippen molar-refractivity contribution in [3.63, 3.8) is 0 Å². The number of hydrogen-bond acceptors (Lipinski definition) is 4. The summed E-state index contributed by atoms with van der Waals surface area (Å²) in [6.07, 6.45) is 7.03. The quantitative estimate of drug-likeness (QED) is 0.792. The molecule has 4 rings (SSSR count). The predicted molar refractivity (Wildman–Crippen MR) is 104 cm³/mol. The van der Waals surface area contributed by atoms with Crippen LogP contribution >= 0.6 is 0 Å². The second-order valence-corrected chi connectivity index (χ2v) is 10.1. The number of nitrogens with one attached hydrogen (secondary N) is 1. The molecule has 1 aromatic rings. The van der Waals surface area contributed by atoms with Gasteiger partial charge in [0.15, 0.2) is 0 Å². The lowest BCUT2D eigenvalue weighted by Gasteiger charge is -2.29. The van der Waals surface area contributed by atoms with E-state index in [1.807, 2.05) is 12.1 Å². The molecule has 3 aliphatic rings. The summed E-state index contributed by atoms with van der Waals surface area (Å²) in [7, 11) is -1.29. The van der Waals surface area contributed by atoms with E-state index in [4.69, 9.17) is 0 Å². The van der Waals surface area contributed by atoms with Gasteiger partial charge in [0.05, 0.1) is 4.90 Å². The van der Waals surface area contributed by atoms with Crippen LogP contribution in [0.5, 0.6) is 0 Å². The van der Waals surface area contributed by atoms with E-state index in [1.54, 1.807) is 6.07 Å². The molecule has 2 fully saturated rings. The van der Waals surface area contributed by atoms with Gasteiger partial charge in [-0.15, -0.1) is 0 Å². The third-order valence-electron chi connectivity index (χ3n) is 6.23. The molecule has 1 aliphatic carbocycles. The Labute approximate surface area is 157 Å². The number of nitrogens with zero attached hydrogens (tertiary/aromatic N) is 2. The van der Waals surface area contributed by atoms with Gasteiger partial charge >= 0.3 is 0 Å². The first-order chi connectivity index (χ1) is 12.5. The van der Waals surface area contributed by atoms with Gasteiger partial charge in [0.1, 0.15) is 0 Å². The van der Waals surface area contributed by atoms with Gasteiger partial charge in [0, 0.05) is 32.2 Å². The van der Waals surface area contributed by atoms with Crippen molar-refractivity contribution in [1.29, 1.82) is 0 Å². The molecule has 0 radical (unpaired) electrons. The third-order valence-corrected chi connectivity index (χ3v) is 7.69. The Hall–Kier alpha value is -0.950. The van der Waals surface area contributed by atoms with Crippen molar-refractivity contribution >= 4 is 10.0 Å². The monoisotopic (exact) mass is 377 g/mol. The molecule has 1 saturated heterocycles. The zero-order valence-electron chi connectivity index (χ0n) is 15.8. The molecule has 0 aromatic heterocycles. The molecule has 0 bridgehead atoms. The van der Waals surface area contributed by atoms with Crippen LogP contribution in [0.15, 0.2) is 23.1 Å². The zero-order chi connectivity index (χ0) is 18.1. The van der Waals surface area contributed by atoms with Gasteiger partial charge in [-0.3, -0.25) is 4.90 Å². The average molecular weight is 378 g/mol. The van der Waals surface area contributed by atoms with E-state index in [0.717, 1.165) is 38.4 Å². The van der Waals surface area contributed by atoms with Gasteiger partial charge in [-0.05, 0) is 81.3 Å². The summed E-state index contributed by atoms with van der Waals surface area (Å²) in [6.45, 7) is 4.80. The predicted octanol–water partition coefficient (Wildman–Crippen LogP) is 2.22. The average Bonchev–Trinajstić information content (AvgIpc) is 3.34. The molecule has 0 amide bonds. The maximum Gasteiger partial charge on any atom is 0.240 e. The molecule has 1 N–H and O–H groups in total. The molecular weight excluding hydrogens is 346 g/mol. The van der Waals surface area contributed by atoms with E-state index in [9.17, 15) is 8.42 Å². The van der Waals surface area contributed by atoms with Crippen LogP contribution in [0.3, 0.4) is 0 Å². The third kappa shape index (κ3) is 4.30. The SMILES string of the molecule is CN1CCCC1CCNS(=O)(=O)c1ccc2c(c1)CN(CC1CC1)CC2. The maximum atomic E-state index is 12.7. The Morgan fingerprint density at radius 1 is 1.15 bits per heavy atom. The summed E-state index contributed by atoms with van der Waals surface area (Å²) in [6, 6.07) is 6.21. The lowest BCUT2D eigenvalue weighted by Crippen LogP contribution is -2.33. The second kappa shape index (κ2) is 7.58. The van der Waals surface area contributed by atoms with Crippen LogP contribution in [0.2, 0.25) is 0 Å². The Kier molecular flexibility index (Phi) is 5.37. The number of likely N-dealkylation sites (tertiary alicyclic amines) is 1. The highest BCUT2D eigenvalue weighted by Gasteiger charge is 2.27. The lowest BCUT2D eigenvalue weighted by atomic mass is 10.00. The highest BCUT2D eigenvalue weighted by molar-refractivity contribution is 7.89. The van der Waals surface area contributed by atoms with Crippen molar-refractivity contribution in [3.8, 4) is 0 Å². The van der Waals surface area contributed by atoms with Gasteiger partial charge in [0.25, 0.3) is 0 Å². The summed E-state index contributed by atoms with van der Waals surface area (Å²) in [4.78, 5) is 5.24. The Morgan fingerprint density at radius 3 is 2.73 bits per heavy atom. The zero-order valence-corrected chi connectivity index (χ0v) is 16.6. The van der Waals surface area contributed by atoms with Crippen LogP contribution in [-0.2, 0) is 23.0 Å². The topological polar surface area (TPSA) is 52.7 Å². The van der Waals surface area contributed by atoms with Crippen molar-refractivity contribution in [3.05, 3.63) is 29.3 Å². The highest BCUT2D eigenvalue weighted by atomic mass is 32.2. The van der Waals surface area contributed by atoms with E-state index in [-0.39, 0.29) is 0 Å². The summed E-state index contributed by atoms with van der Waals surface area (Å²) in [5, 5.41) is 0. The molecule has 1 aromatic carbocycles. The summed E-state index contributed by atoms with van der Waals surface area (Å²) >= 11 is 0. The minimum Gasteiger partial charge on any atom is -0.303 e. The van der Waals surface area contributed by atoms with E-state index < -0.39 is 10.0 Å². The molecule has 144 valence electrons. The summed E-state index contributed by atoms with van der Waals surface area (Å²) < 4.78 is 28.2. The minimum absolute atomic E-state index is 0.421. The highest BCUT2D eigenvalue weighted by Crippen LogP contribution is 2.32. The minimum atomic E-state index is -3.42. The molecule has 5 nitrogen and oxygen atoms in total. The van der Waals surface area contributed by atoms with Crippen molar-refractivity contribution < 1.29 is 8.42 Å². The molecule has 26 heavy (non-hydrogen) atoms. The van der Waals surface area contributed by atoms with E-state index in [1.165, 1.54) is 43.4 Å². The molecule has 2 heterocycles. The fourth-order valence-electron chi connectivity index (χ4n) is 4.37. The van der Waals surface area contributed by atoms with Gasteiger partial charge in [-0.2, -0.15) is 0 Å². The number of benzene rings is 1. The van der Waals surface area contributed by atoms with E-state index in [0.29, 0.717) is 17.5 Å². The number of fused-ring (bicyclic) bond motifs is 1. The number of sulfonamides is 1. The maximum absolute atomic E-state index is 12.7. The Balaban J connectivity index is 1.38. The van der Waals surface area contributed by atoms with Gasteiger partial charge in [-0.25, -0.2) is 13.1 Å². The summed E-state index contributed by atoms with van der Waals surface area (Å²) in [5.74, 6) is 0.874. The lowest BCUT2D eigenvalue weighted by molar-refractivity contribution is 0.243. The van der Waals surface area contributed by atoms with Gasteiger partial charge in [-0.1, -0.05) is 6.07 Å². The molecule has 6 heteroatoms. The van der Waals surface area contributed by atoms with Crippen molar-refractivity contribution in [2.45, 2.75) is 56.0 Å². The van der Waals surface area contributed by atoms with Crippen LogP contribution in [0.4, 0.5) is 0 Å². The first kappa shape index (κ1) is 18.4. The van der Waals surface area contributed by atoms with Crippen molar-refractivity contribution in [2.24, 2.45) is 5.92 Å². The van der Waals surface area contributed by atoms with Crippen LogP contribution in [0, 0.1) is 5.92 Å². The first-order valence-electron chi connectivity index (χ1n) is 10.1. The molecule has 0 spiro atoms. The Morgan fingerprint density at radius 2 is 2.00 bits per heavy atom. The van der Waals surface area contributed by atoms with Gasteiger partial charge < -0.3 is 4.90 Å². The standard InChI is InChI=1S/C20H31N3O2S/c1-22-11-2-3-19(22)8-10-21-26(24,25)20-7-6-17-9-12-23(14-16-4-5-16)15-18(17)13-20/h6-7,13,16,19,21H,2-5,8-12,14-15H2,1H3. The molecule has 2 aliphatic heterocycles. The van der Waals surface area contributed by atoms with Crippen LogP contribution in [-0.4, -0.2) is 57.5 Å². The smallest absolute Gasteiger partial charge is 0.240 e. The van der Waals surface area contributed by atoms with E-state index >= 15 is 0 Å². The molecule has 1 saturated carbocycles. The van der Waals surface area contributed by atoms with Crippen LogP contribution < -0.4 is 4.72 Å². The van der Waals surface area contributed by atoms with Crippen LogP contribution in [0.1, 0.15) is 43.2 Å². The molecule has 1 unspecified atom stereocenters. The van der Waals surface area contributed by atoms with Gasteiger partial charge in [0.2, 0.25) is 10.0 Å². The normalized spacial score (nSPS) is 24.7. The van der Waals surface area contributed by atoms with Crippen molar-refractivity contribution in [1.82, 2.24) is 14.5 Å². The fourth-order valence-corrected chi connectivity index (χ4v) is 5.47. The van der Waals surface area contributed by atoms with Crippen LogP contribution in [0.25, 0.3) is 0 Å². The first-order valence-corrected chi connectivity index (χ1v) is 11.5.